The number of nitrogens with one attached hydrogen (secondary N) is 2. The van der Waals surface area contributed by atoms with Gasteiger partial charge in [-0.05, 0) is 54.7 Å². The highest BCUT2D eigenvalue weighted by Gasteiger charge is 2.27. The van der Waals surface area contributed by atoms with Gasteiger partial charge in [0, 0.05) is 31.0 Å². The molecule has 6 rings (SSSR count). The zero-order valence-electron chi connectivity index (χ0n) is 23.9. The maximum atomic E-state index is 13.9. The summed E-state index contributed by atoms with van der Waals surface area (Å²) in [5.41, 5.74) is 3.78. The fraction of sp³-hybridized carbons (Fsp3) is 0.250. The lowest BCUT2D eigenvalue weighted by molar-refractivity contribution is 0.190. The normalized spacial score (nSPS) is 15.4. The summed E-state index contributed by atoms with van der Waals surface area (Å²) in [5.74, 6) is -0.409. The molecule has 10 heteroatoms. The van der Waals surface area contributed by atoms with Crippen LogP contribution in [0.4, 0.5) is 15.8 Å². The number of halogens is 2. The molecule has 8 nitrogen and oxygen atoms in total. The van der Waals surface area contributed by atoms with Crippen LogP contribution in [0.1, 0.15) is 61.1 Å². The molecule has 0 saturated heterocycles. The number of ether oxygens (including phenoxy) is 1. The summed E-state index contributed by atoms with van der Waals surface area (Å²) >= 11 is 6.79. The Labute approximate surface area is 249 Å². The molecule has 2 unspecified atom stereocenters. The van der Waals surface area contributed by atoms with Crippen LogP contribution < -0.4 is 10.6 Å². The predicted octanol–water partition coefficient (Wildman–Crippen LogP) is 7.22. The number of hydrogen-bond acceptors (Lipinski definition) is 7. The quantitative estimate of drug-likeness (QED) is 0.170. The minimum Gasteiger partial charge on any atom is -0.385 e. The summed E-state index contributed by atoms with van der Waals surface area (Å²) in [6.07, 6.45) is 5.93. The number of fused-ring (bicyclic) bond motifs is 1. The first-order chi connectivity index (χ1) is 20.9. The summed E-state index contributed by atoms with van der Waals surface area (Å²) in [7, 11) is 1.65. The highest BCUT2D eigenvalue weighted by atomic mass is 35.5. The van der Waals surface area contributed by atoms with E-state index < -0.39 is 11.8 Å². The van der Waals surface area contributed by atoms with Crippen LogP contribution >= 0.6 is 11.6 Å². The van der Waals surface area contributed by atoms with Crippen molar-refractivity contribution in [3.63, 3.8) is 0 Å². The molecule has 1 aliphatic carbocycles. The summed E-state index contributed by atoms with van der Waals surface area (Å²) in [5, 5.41) is 26.4. The Morgan fingerprint density at radius 1 is 1.14 bits per heavy atom. The average molecular weight is 583 g/mol. The first-order valence-electron chi connectivity index (χ1n) is 14.2. The van der Waals surface area contributed by atoms with Crippen molar-refractivity contribution >= 4 is 33.9 Å². The molecular weight excluding hydrogens is 553 g/mol. The smallest absolute Gasteiger partial charge is 0.123 e. The number of aromatic nitrogens is 4. The zero-order valence-corrected chi connectivity index (χ0v) is 23.6. The van der Waals surface area contributed by atoms with Crippen LogP contribution in [-0.4, -0.2) is 33.7 Å². The Morgan fingerprint density at radius 3 is 2.64 bits per heavy atom. The molecule has 3 aromatic carbocycles. The van der Waals surface area contributed by atoms with Gasteiger partial charge >= 0.3 is 0 Å². The van der Waals surface area contributed by atoms with Crippen LogP contribution in [0.2, 0.25) is 5.02 Å². The molecule has 5 aromatic rings. The average Bonchev–Trinajstić information content (AvgIpc) is 3.75. The highest BCUT2D eigenvalue weighted by molar-refractivity contribution is 6.35. The number of rotatable bonds is 11. The molecule has 0 aliphatic heterocycles. The van der Waals surface area contributed by atoms with E-state index in [1.54, 1.807) is 36.2 Å². The number of pyridine rings is 1. The van der Waals surface area contributed by atoms with Gasteiger partial charge < -0.3 is 15.4 Å². The minimum atomic E-state index is -1.63. The third-order valence-corrected chi connectivity index (χ3v) is 7.55. The molecule has 2 N–H and O–H groups in total. The molecule has 0 spiro atoms. The van der Waals surface area contributed by atoms with Crippen molar-refractivity contribution in [2.45, 2.75) is 37.4 Å². The topological polar surface area (TPSA) is 101 Å². The molecule has 42 heavy (non-hydrogen) atoms. The number of methoxy groups -OCH3 is 1. The molecule has 2 aromatic heterocycles. The second-order valence-electron chi connectivity index (χ2n) is 10.2. The van der Waals surface area contributed by atoms with Crippen molar-refractivity contribution in [3.8, 4) is 6.07 Å². The Bertz CT molecular complexity index is 1790. The Morgan fingerprint density at radius 2 is 1.93 bits per heavy atom. The minimum absolute atomic E-state index is 0.166. The van der Waals surface area contributed by atoms with E-state index in [9.17, 15) is 11.0 Å². The molecule has 2 heterocycles. The van der Waals surface area contributed by atoms with Gasteiger partial charge in [0.05, 0.1) is 47.5 Å². The second-order valence-corrected chi connectivity index (χ2v) is 10.6. The largest absolute Gasteiger partial charge is 0.385 e. The molecule has 1 fully saturated rings. The van der Waals surface area contributed by atoms with Crippen LogP contribution in [0.25, 0.3) is 10.9 Å². The van der Waals surface area contributed by atoms with Gasteiger partial charge in [-0.25, -0.2) is 9.07 Å². The fourth-order valence-corrected chi connectivity index (χ4v) is 5.21. The van der Waals surface area contributed by atoms with E-state index in [4.69, 9.17) is 16.3 Å². The van der Waals surface area contributed by atoms with Crippen LogP contribution in [0.15, 0.2) is 79.1 Å². The molecule has 0 bridgehead atoms. The number of benzene rings is 3. The monoisotopic (exact) mass is 582 g/mol. The van der Waals surface area contributed by atoms with E-state index in [0.717, 1.165) is 18.4 Å². The van der Waals surface area contributed by atoms with E-state index in [0.29, 0.717) is 57.1 Å². The number of hydrogen-bond donors (Lipinski definition) is 2. The summed E-state index contributed by atoms with van der Waals surface area (Å²) in [4.78, 5) is 4.49. The fourth-order valence-electron chi connectivity index (χ4n) is 4.94. The van der Waals surface area contributed by atoms with Gasteiger partial charge in [0.25, 0.3) is 0 Å². The lowest BCUT2D eigenvalue weighted by Gasteiger charge is -2.23. The predicted molar refractivity (Wildman–Crippen MR) is 161 cm³/mol. The first-order valence-corrected chi connectivity index (χ1v) is 14.1. The summed E-state index contributed by atoms with van der Waals surface area (Å²) in [6.45, 7) is 0.506. The van der Waals surface area contributed by atoms with E-state index in [1.165, 1.54) is 18.3 Å². The van der Waals surface area contributed by atoms with E-state index in [1.807, 2.05) is 36.4 Å². The lowest BCUT2D eigenvalue weighted by atomic mass is 10.0. The van der Waals surface area contributed by atoms with Gasteiger partial charge in [-0.15, -0.1) is 5.10 Å². The molecular formula is C32H29ClFN7O. The summed E-state index contributed by atoms with van der Waals surface area (Å²) in [6, 6.07) is 19.9. The molecule has 2 atom stereocenters. The highest BCUT2D eigenvalue weighted by Crippen LogP contribution is 2.38. The van der Waals surface area contributed by atoms with Crippen LogP contribution in [0.5, 0.6) is 0 Å². The van der Waals surface area contributed by atoms with Crippen molar-refractivity contribution in [2.75, 3.05) is 24.4 Å². The van der Waals surface area contributed by atoms with Crippen LogP contribution in [0, 0.1) is 17.1 Å². The van der Waals surface area contributed by atoms with Gasteiger partial charge in [0.1, 0.15) is 17.6 Å². The Balaban J connectivity index is 1.45. The van der Waals surface area contributed by atoms with Gasteiger partial charge in [-0.1, -0.05) is 59.3 Å². The third kappa shape index (κ3) is 5.91. The van der Waals surface area contributed by atoms with Gasteiger partial charge in [-0.3, -0.25) is 4.98 Å². The zero-order chi connectivity index (χ0) is 30.0. The van der Waals surface area contributed by atoms with Crippen LogP contribution in [0.3, 0.4) is 0 Å². The lowest BCUT2D eigenvalue weighted by Crippen LogP contribution is -2.15. The molecule has 0 amide bonds. The van der Waals surface area contributed by atoms with Crippen molar-refractivity contribution in [1.29, 1.82) is 5.26 Å². The van der Waals surface area contributed by atoms with Crippen LogP contribution in [-0.2, 0) is 4.74 Å². The van der Waals surface area contributed by atoms with Gasteiger partial charge in [-0.2, -0.15) is 5.26 Å². The van der Waals surface area contributed by atoms with Crippen molar-refractivity contribution in [3.05, 3.63) is 112 Å². The maximum absolute atomic E-state index is 13.9. The van der Waals surface area contributed by atoms with Crippen molar-refractivity contribution in [2.24, 2.45) is 0 Å². The first kappa shape index (κ1) is 26.4. The summed E-state index contributed by atoms with van der Waals surface area (Å²) < 4.78 is 30.6. The van der Waals surface area contributed by atoms with Gasteiger partial charge in [0.15, 0.2) is 0 Å². The standard InChI is InChI=1S/C32H29ClFN7O/c1-42-14-13-28(20-5-3-2-4-6-20)38-30-22(17-35)18-36-32-26(30)15-24(16-27(32)33)37-31(21-7-9-23(34)10-8-21)29-19-41(40-39-29)25-11-12-25/h2-10,15-16,18-19,25,28,31,37H,11-14H2,1H3,(H,36,38)/i31D. The Kier molecular flexibility index (Phi) is 7.63. The number of anilines is 2. The molecule has 212 valence electrons. The number of nitriles is 1. The molecule has 0 radical (unpaired) electrons. The number of nitrogens with zero attached hydrogens (tertiary/aromatic N) is 5. The van der Waals surface area contributed by atoms with Crippen molar-refractivity contribution < 1.29 is 10.5 Å². The SMILES string of the molecule is [2H]C(Nc1cc(Cl)c2ncc(C#N)c(NC(CCOC)c3ccccc3)c2c1)(c1ccc(F)cc1)c1cn(C2CC2)nn1. The van der Waals surface area contributed by atoms with Gasteiger partial charge in [0.2, 0.25) is 0 Å². The van der Waals surface area contributed by atoms with E-state index in [2.05, 4.69) is 32.0 Å². The molecule has 1 saturated carbocycles. The maximum Gasteiger partial charge on any atom is 0.123 e. The van der Waals surface area contributed by atoms with E-state index in [-0.39, 0.29) is 12.1 Å². The van der Waals surface area contributed by atoms with Crippen molar-refractivity contribution in [1.82, 2.24) is 20.0 Å². The Hall–Kier alpha value is -4.52. The second kappa shape index (κ2) is 12.1. The third-order valence-electron chi connectivity index (χ3n) is 7.27. The van der Waals surface area contributed by atoms with E-state index >= 15 is 0 Å². The molecule has 1 aliphatic rings.